The Morgan fingerprint density at radius 1 is 1.48 bits per heavy atom. The van der Waals surface area contributed by atoms with Crippen LogP contribution in [0.4, 0.5) is 0 Å². The fourth-order valence-electron chi connectivity index (χ4n) is 2.36. The maximum atomic E-state index is 11.3. The number of fused-ring (bicyclic) bond motifs is 1. The molecule has 0 N–H and O–H groups in total. The summed E-state index contributed by atoms with van der Waals surface area (Å²) < 4.78 is 12.3. The Hall–Kier alpha value is -2.08. The number of aryl methyl sites for hydroxylation is 3. The van der Waals surface area contributed by atoms with E-state index in [9.17, 15) is 4.79 Å². The van der Waals surface area contributed by atoms with Gasteiger partial charge in [-0.25, -0.2) is 4.98 Å². The standard InChI is InChI=1S/C15H16N2O3S/c1-9-6-12(10(2)20-9)13-7-17-11(4-5-14(18)19-3)8-21-15(17)16-13/h6-8H,4-5H2,1-3H3. The Morgan fingerprint density at radius 2 is 2.29 bits per heavy atom. The molecule has 3 aromatic rings. The zero-order valence-electron chi connectivity index (χ0n) is 12.2. The van der Waals surface area contributed by atoms with Crippen LogP contribution < -0.4 is 0 Å². The van der Waals surface area contributed by atoms with Crippen LogP contribution in [0.3, 0.4) is 0 Å². The van der Waals surface area contributed by atoms with E-state index >= 15 is 0 Å². The van der Waals surface area contributed by atoms with Gasteiger partial charge in [0.25, 0.3) is 0 Å². The van der Waals surface area contributed by atoms with E-state index in [1.165, 1.54) is 7.11 Å². The number of imidazole rings is 1. The summed E-state index contributed by atoms with van der Waals surface area (Å²) in [5.41, 5.74) is 2.98. The Bertz CT molecular complexity index is 797. The van der Waals surface area contributed by atoms with Gasteiger partial charge in [0.05, 0.1) is 19.2 Å². The van der Waals surface area contributed by atoms with Crippen molar-refractivity contribution in [2.24, 2.45) is 0 Å². The number of thiazole rings is 1. The largest absolute Gasteiger partial charge is 0.469 e. The molecule has 0 bridgehead atoms. The number of esters is 1. The molecule has 0 aromatic carbocycles. The van der Waals surface area contributed by atoms with E-state index in [4.69, 9.17) is 4.42 Å². The van der Waals surface area contributed by atoms with Crippen LogP contribution in [0, 0.1) is 13.8 Å². The predicted octanol–water partition coefficient (Wildman–Crippen LogP) is 3.38. The predicted molar refractivity (Wildman–Crippen MR) is 80.6 cm³/mol. The number of carbonyl (C=O) groups is 1. The van der Waals surface area contributed by atoms with E-state index in [1.807, 2.05) is 35.9 Å². The van der Waals surface area contributed by atoms with Crippen LogP contribution in [0.25, 0.3) is 16.2 Å². The van der Waals surface area contributed by atoms with Gasteiger partial charge in [-0.3, -0.25) is 9.20 Å². The van der Waals surface area contributed by atoms with Gasteiger partial charge in [-0.2, -0.15) is 0 Å². The van der Waals surface area contributed by atoms with Crippen molar-refractivity contribution >= 4 is 22.3 Å². The number of carbonyl (C=O) groups excluding carboxylic acids is 1. The second-order valence-corrected chi connectivity index (χ2v) is 5.75. The van der Waals surface area contributed by atoms with Crippen LogP contribution in [-0.4, -0.2) is 22.5 Å². The first-order valence-electron chi connectivity index (χ1n) is 6.68. The highest BCUT2D eigenvalue weighted by molar-refractivity contribution is 7.15. The number of rotatable bonds is 4. The highest BCUT2D eigenvalue weighted by Gasteiger charge is 2.14. The molecule has 110 valence electrons. The van der Waals surface area contributed by atoms with Gasteiger partial charge in [0.1, 0.15) is 11.5 Å². The zero-order valence-corrected chi connectivity index (χ0v) is 13.0. The van der Waals surface area contributed by atoms with Crippen LogP contribution in [-0.2, 0) is 16.0 Å². The number of hydrogen-bond donors (Lipinski definition) is 0. The van der Waals surface area contributed by atoms with Crippen molar-refractivity contribution in [3.05, 3.63) is 34.9 Å². The molecule has 5 nitrogen and oxygen atoms in total. The molecule has 0 spiro atoms. The van der Waals surface area contributed by atoms with Gasteiger partial charge >= 0.3 is 5.97 Å². The summed E-state index contributed by atoms with van der Waals surface area (Å²) in [6, 6.07) is 2.00. The lowest BCUT2D eigenvalue weighted by molar-refractivity contribution is -0.140. The van der Waals surface area contributed by atoms with Crippen LogP contribution in [0.5, 0.6) is 0 Å². The fraction of sp³-hybridized carbons (Fsp3) is 0.333. The van der Waals surface area contributed by atoms with Crippen molar-refractivity contribution in [3.63, 3.8) is 0 Å². The summed E-state index contributed by atoms with van der Waals surface area (Å²) in [5, 5.41) is 2.03. The van der Waals surface area contributed by atoms with Crippen LogP contribution >= 0.6 is 11.3 Å². The molecule has 0 saturated carbocycles. The molecule has 0 aliphatic carbocycles. The topological polar surface area (TPSA) is 56.7 Å². The van der Waals surface area contributed by atoms with Crippen LogP contribution in [0.1, 0.15) is 23.6 Å². The van der Waals surface area contributed by atoms with Gasteiger partial charge in [0, 0.05) is 22.8 Å². The fourth-order valence-corrected chi connectivity index (χ4v) is 3.26. The molecule has 3 rings (SSSR count). The molecule has 3 aromatic heterocycles. The number of ether oxygens (including phenoxy) is 1. The third kappa shape index (κ3) is 2.58. The first kappa shape index (κ1) is 13.9. The monoisotopic (exact) mass is 304 g/mol. The molecule has 0 radical (unpaired) electrons. The van der Waals surface area contributed by atoms with Crippen molar-refractivity contribution in [2.45, 2.75) is 26.7 Å². The Balaban J connectivity index is 1.92. The highest BCUT2D eigenvalue weighted by atomic mass is 32.1. The number of aromatic nitrogens is 2. The second-order valence-electron chi connectivity index (χ2n) is 4.91. The zero-order chi connectivity index (χ0) is 15.0. The summed E-state index contributed by atoms with van der Waals surface area (Å²) in [7, 11) is 1.41. The summed E-state index contributed by atoms with van der Waals surface area (Å²) in [6.07, 6.45) is 3.02. The Morgan fingerprint density at radius 3 is 2.95 bits per heavy atom. The maximum absolute atomic E-state index is 11.3. The molecular weight excluding hydrogens is 288 g/mol. The van der Waals surface area contributed by atoms with Crippen LogP contribution in [0.15, 0.2) is 22.1 Å². The minimum atomic E-state index is -0.198. The van der Waals surface area contributed by atoms with E-state index in [0.29, 0.717) is 12.8 Å². The molecule has 0 fully saturated rings. The Labute approximate surface area is 126 Å². The first-order valence-corrected chi connectivity index (χ1v) is 7.56. The summed E-state index contributed by atoms with van der Waals surface area (Å²) >= 11 is 1.57. The molecule has 0 amide bonds. The van der Waals surface area contributed by atoms with E-state index < -0.39 is 0 Å². The first-order chi connectivity index (χ1) is 10.1. The average molecular weight is 304 g/mol. The van der Waals surface area contributed by atoms with E-state index in [2.05, 4.69) is 9.72 Å². The number of nitrogens with zero attached hydrogens (tertiary/aromatic N) is 2. The van der Waals surface area contributed by atoms with Crippen molar-refractivity contribution < 1.29 is 13.9 Å². The lowest BCUT2D eigenvalue weighted by Gasteiger charge is -1.98. The lowest BCUT2D eigenvalue weighted by Crippen LogP contribution is -2.02. The van der Waals surface area contributed by atoms with Crippen molar-refractivity contribution in [1.29, 1.82) is 0 Å². The number of methoxy groups -OCH3 is 1. The minimum Gasteiger partial charge on any atom is -0.469 e. The van der Waals surface area contributed by atoms with Crippen molar-refractivity contribution in [1.82, 2.24) is 9.38 Å². The third-order valence-corrected chi connectivity index (χ3v) is 4.30. The van der Waals surface area contributed by atoms with Gasteiger partial charge in [-0.15, -0.1) is 11.3 Å². The molecule has 0 atom stereocenters. The van der Waals surface area contributed by atoms with E-state index in [-0.39, 0.29) is 5.97 Å². The highest BCUT2D eigenvalue weighted by Crippen LogP contribution is 2.28. The SMILES string of the molecule is COC(=O)CCc1csc2nc(-c3cc(C)oc3C)cn12. The van der Waals surface area contributed by atoms with Crippen molar-refractivity contribution in [3.8, 4) is 11.3 Å². The third-order valence-electron chi connectivity index (χ3n) is 3.41. The van der Waals surface area contributed by atoms with E-state index in [1.54, 1.807) is 11.3 Å². The molecule has 0 saturated heterocycles. The second kappa shape index (κ2) is 5.37. The van der Waals surface area contributed by atoms with Crippen molar-refractivity contribution in [2.75, 3.05) is 7.11 Å². The smallest absolute Gasteiger partial charge is 0.305 e. The summed E-state index contributed by atoms with van der Waals surface area (Å²) in [6.45, 7) is 3.87. The molecule has 6 heteroatoms. The quantitative estimate of drug-likeness (QED) is 0.693. The molecule has 21 heavy (non-hydrogen) atoms. The molecule has 0 unspecified atom stereocenters. The summed E-state index contributed by atoms with van der Waals surface area (Å²) in [5.74, 6) is 1.55. The van der Waals surface area contributed by atoms with Gasteiger partial charge in [0.2, 0.25) is 0 Å². The molecule has 0 aliphatic rings. The Kier molecular flexibility index (Phi) is 3.55. The maximum Gasteiger partial charge on any atom is 0.305 e. The van der Waals surface area contributed by atoms with Gasteiger partial charge in [-0.05, 0) is 26.3 Å². The molecule has 0 aliphatic heterocycles. The molecular formula is C15H16N2O3S. The van der Waals surface area contributed by atoms with Gasteiger partial charge < -0.3 is 9.15 Å². The average Bonchev–Trinajstić information content (AvgIpc) is 3.10. The normalized spacial score (nSPS) is 11.2. The number of hydrogen-bond acceptors (Lipinski definition) is 5. The van der Waals surface area contributed by atoms with Gasteiger partial charge in [-0.1, -0.05) is 0 Å². The van der Waals surface area contributed by atoms with E-state index in [0.717, 1.165) is 33.4 Å². The minimum absolute atomic E-state index is 0.198. The number of furan rings is 1. The van der Waals surface area contributed by atoms with Gasteiger partial charge in [0.15, 0.2) is 4.96 Å². The summed E-state index contributed by atoms with van der Waals surface area (Å²) in [4.78, 5) is 16.8. The van der Waals surface area contributed by atoms with Crippen LogP contribution in [0.2, 0.25) is 0 Å². The lowest BCUT2D eigenvalue weighted by atomic mass is 10.2. The molecule has 3 heterocycles.